The van der Waals surface area contributed by atoms with E-state index in [1.165, 1.54) is 6.07 Å². The van der Waals surface area contributed by atoms with E-state index in [2.05, 4.69) is 4.98 Å². The highest BCUT2D eigenvalue weighted by atomic mass is 16.5. The number of methoxy groups -OCH3 is 1. The van der Waals surface area contributed by atoms with Gasteiger partial charge in [0.05, 0.1) is 6.61 Å². The summed E-state index contributed by atoms with van der Waals surface area (Å²) in [5.74, 6) is 0. The molecule has 0 bridgehead atoms. The third kappa shape index (κ3) is 1.54. The number of benzene rings is 1. The first-order valence-electron chi connectivity index (χ1n) is 4.40. The molecule has 0 saturated heterocycles. The Balaban J connectivity index is 2.61. The Hall–Kier alpha value is -1.61. The molecule has 2 rings (SSSR count). The fourth-order valence-corrected chi connectivity index (χ4v) is 1.48. The summed E-state index contributed by atoms with van der Waals surface area (Å²) in [6, 6.07) is 7.18. The molecule has 0 radical (unpaired) electrons. The van der Waals surface area contributed by atoms with Crippen LogP contribution in [0.3, 0.4) is 0 Å². The van der Waals surface area contributed by atoms with Gasteiger partial charge in [-0.2, -0.15) is 0 Å². The van der Waals surface area contributed by atoms with Crippen molar-refractivity contribution in [1.82, 2.24) is 4.98 Å². The molecular formula is C11H11NO2. The third-order valence-electron chi connectivity index (χ3n) is 2.13. The predicted octanol–water partition coefficient (Wildman–Crippen LogP) is 1.67. The van der Waals surface area contributed by atoms with Crippen LogP contribution in [0, 0.1) is 0 Å². The van der Waals surface area contributed by atoms with Crippen LogP contribution in [0.1, 0.15) is 5.56 Å². The van der Waals surface area contributed by atoms with Gasteiger partial charge in [0.1, 0.15) is 0 Å². The fraction of sp³-hybridized carbons (Fsp3) is 0.182. The smallest absolute Gasteiger partial charge is 0.189 e. The van der Waals surface area contributed by atoms with E-state index >= 15 is 0 Å². The minimum absolute atomic E-state index is 0.0442. The molecule has 14 heavy (non-hydrogen) atoms. The van der Waals surface area contributed by atoms with Crippen LogP contribution in [0.25, 0.3) is 10.9 Å². The second kappa shape index (κ2) is 3.64. The molecule has 0 amide bonds. The first-order chi connectivity index (χ1) is 6.81. The third-order valence-corrected chi connectivity index (χ3v) is 2.13. The normalized spacial score (nSPS) is 10.6. The topological polar surface area (TPSA) is 42.1 Å². The molecule has 0 saturated carbocycles. The van der Waals surface area contributed by atoms with Gasteiger partial charge in [0, 0.05) is 30.3 Å². The number of aromatic nitrogens is 1. The monoisotopic (exact) mass is 189 g/mol. The molecule has 1 heterocycles. The summed E-state index contributed by atoms with van der Waals surface area (Å²) in [6.07, 6.45) is 1.65. The van der Waals surface area contributed by atoms with Gasteiger partial charge in [-0.3, -0.25) is 4.79 Å². The molecule has 3 heteroatoms. The minimum atomic E-state index is 0.0442. The van der Waals surface area contributed by atoms with Gasteiger partial charge in [-0.15, -0.1) is 0 Å². The largest absolute Gasteiger partial charge is 0.380 e. The van der Waals surface area contributed by atoms with E-state index in [0.717, 1.165) is 11.1 Å². The van der Waals surface area contributed by atoms with Crippen molar-refractivity contribution in [3.05, 3.63) is 46.2 Å². The fourth-order valence-electron chi connectivity index (χ4n) is 1.48. The first-order valence-corrected chi connectivity index (χ1v) is 4.40. The van der Waals surface area contributed by atoms with Gasteiger partial charge in [-0.1, -0.05) is 6.07 Å². The molecule has 3 nitrogen and oxygen atoms in total. The molecule has 0 unspecified atom stereocenters. The number of nitrogens with one attached hydrogen (secondary N) is 1. The zero-order valence-electron chi connectivity index (χ0n) is 7.91. The average Bonchev–Trinajstić information content (AvgIpc) is 2.18. The number of aromatic amines is 1. The number of hydrogen-bond acceptors (Lipinski definition) is 2. The molecule has 1 aromatic carbocycles. The first kappa shape index (κ1) is 8.97. The van der Waals surface area contributed by atoms with Gasteiger partial charge >= 0.3 is 0 Å². The van der Waals surface area contributed by atoms with Crippen molar-refractivity contribution >= 4 is 10.9 Å². The SMILES string of the molecule is COCc1ccc2c(=O)cc[nH]c2c1. The van der Waals surface area contributed by atoms with Crippen LogP contribution < -0.4 is 5.43 Å². The lowest BCUT2D eigenvalue weighted by Crippen LogP contribution is -2.00. The lowest BCUT2D eigenvalue weighted by molar-refractivity contribution is 0.185. The van der Waals surface area contributed by atoms with Crippen LogP contribution in [-0.4, -0.2) is 12.1 Å². The van der Waals surface area contributed by atoms with Crippen LogP contribution in [0.5, 0.6) is 0 Å². The van der Waals surface area contributed by atoms with Crippen LogP contribution in [0.2, 0.25) is 0 Å². The van der Waals surface area contributed by atoms with Crippen molar-refractivity contribution < 1.29 is 4.74 Å². The van der Waals surface area contributed by atoms with Crippen molar-refractivity contribution in [1.29, 1.82) is 0 Å². The zero-order valence-corrected chi connectivity index (χ0v) is 7.91. The van der Waals surface area contributed by atoms with E-state index < -0.39 is 0 Å². The van der Waals surface area contributed by atoms with Gasteiger partial charge in [0.25, 0.3) is 0 Å². The van der Waals surface area contributed by atoms with E-state index in [-0.39, 0.29) is 5.43 Å². The van der Waals surface area contributed by atoms with E-state index in [0.29, 0.717) is 12.0 Å². The molecule has 0 atom stereocenters. The minimum Gasteiger partial charge on any atom is -0.380 e. The summed E-state index contributed by atoms with van der Waals surface area (Å²) in [5, 5.41) is 0.715. The summed E-state index contributed by atoms with van der Waals surface area (Å²) in [4.78, 5) is 14.4. The summed E-state index contributed by atoms with van der Waals surface area (Å²) < 4.78 is 5.02. The van der Waals surface area contributed by atoms with Crippen molar-refractivity contribution in [2.24, 2.45) is 0 Å². The van der Waals surface area contributed by atoms with E-state index in [1.54, 1.807) is 13.3 Å². The van der Waals surface area contributed by atoms with Crippen LogP contribution in [0.4, 0.5) is 0 Å². The molecule has 72 valence electrons. The van der Waals surface area contributed by atoms with Gasteiger partial charge in [0.2, 0.25) is 0 Å². The molecular weight excluding hydrogens is 178 g/mol. The van der Waals surface area contributed by atoms with Crippen molar-refractivity contribution in [3.8, 4) is 0 Å². The number of rotatable bonds is 2. The molecule has 0 aliphatic carbocycles. The number of ether oxygens (including phenoxy) is 1. The second-order valence-electron chi connectivity index (χ2n) is 3.15. The van der Waals surface area contributed by atoms with Gasteiger partial charge in [-0.05, 0) is 17.7 Å². The van der Waals surface area contributed by atoms with E-state index in [4.69, 9.17) is 4.74 Å². The summed E-state index contributed by atoms with van der Waals surface area (Å²) in [7, 11) is 1.65. The van der Waals surface area contributed by atoms with Crippen LogP contribution in [-0.2, 0) is 11.3 Å². The Kier molecular flexibility index (Phi) is 2.33. The predicted molar refractivity (Wildman–Crippen MR) is 55.3 cm³/mol. The zero-order chi connectivity index (χ0) is 9.97. The maximum Gasteiger partial charge on any atom is 0.189 e. The van der Waals surface area contributed by atoms with Gasteiger partial charge in [0.15, 0.2) is 5.43 Å². The molecule has 0 spiro atoms. The number of H-pyrrole nitrogens is 1. The van der Waals surface area contributed by atoms with E-state index in [9.17, 15) is 4.79 Å². The van der Waals surface area contributed by atoms with Crippen molar-refractivity contribution in [2.45, 2.75) is 6.61 Å². The Morgan fingerprint density at radius 1 is 1.36 bits per heavy atom. The van der Waals surface area contributed by atoms with Gasteiger partial charge in [-0.25, -0.2) is 0 Å². The quantitative estimate of drug-likeness (QED) is 0.780. The Morgan fingerprint density at radius 3 is 3.00 bits per heavy atom. The van der Waals surface area contributed by atoms with Crippen LogP contribution in [0.15, 0.2) is 35.3 Å². The Labute approximate surface area is 81.3 Å². The Bertz CT molecular complexity index is 502. The number of pyridine rings is 1. The standard InChI is InChI=1S/C11H11NO2/c1-14-7-8-2-3-9-10(6-8)12-5-4-11(9)13/h2-6H,7H2,1H3,(H,12,13). The summed E-state index contributed by atoms with van der Waals surface area (Å²) in [5.41, 5.74) is 1.96. The summed E-state index contributed by atoms with van der Waals surface area (Å²) in [6.45, 7) is 0.562. The maximum atomic E-state index is 11.4. The molecule has 0 aliphatic heterocycles. The highest BCUT2D eigenvalue weighted by Crippen LogP contribution is 2.10. The van der Waals surface area contributed by atoms with Crippen molar-refractivity contribution in [2.75, 3.05) is 7.11 Å². The summed E-state index contributed by atoms with van der Waals surface area (Å²) >= 11 is 0. The van der Waals surface area contributed by atoms with Gasteiger partial charge < -0.3 is 9.72 Å². The highest BCUT2D eigenvalue weighted by Gasteiger charge is 1.98. The molecule has 0 fully saturated rings. The second-order valence-corrected chi connectivity index (χ2v) is 3.15. The highest BCUT2D eigenvalue weighted by molar-refractivity contribution is 5.78. The van der Waals surface area contributed by atoms with Crippen molar-refractivity contribution in [3.63, 3.8) is 0 Å². The molecule has 1 N–H and O–H groups in total. The molecule has 0 aliphatic rings. The molecule has 1 aromatic heterocycles. The van der Waals surface area contributed by atoms with Crippen LogP contribution >= 0.6 is 0 Å². The number of fused-ring (bicyclic) bond motifs is 1. The lowest BCUT2D eigenvalue weighted by atomic mass is 10.1. The van der Waals surface area contributed by atoms with E-state index in [1.807, 2.05) is 18.2 Å². The Morgan fingerprint density at radius 2 is 2.21 bits per heavy atom. The maximum absolute atomic E-state index is 11.4. The average molecular weight is 189 g/mol. The number of hydrogen-bond donors (Lipinski definition) is 1. The molecule has 2 aromatic rings. The lowest BCUT2D eigenvalue weighted by Gasteiger charge is -2.01.